The third kappa shape index (κ3) is 4.83. The molecule has 0 saturated heterocycles. The Morgan fingerprint density at radius 1 is 0.871 bits per heavy atom. The highest BCUT2D eigenvalue weighted by Crippen LogP contribution is 2.35. The van der Waals surface area contributed by atoms with E-state index in [-0.39, 0.29) is 5.91 Å². The Hall–Kier alpha value is -2.23. The highest BCUT2D eigenvalue weighted by molar-refractivity contribution is 5.90. The van der Waals surface area contributed by atoms with Crippen molar-refractivity contribution in [1.82, 2.24) is 9.97 Å². The lowest BCUT2D eigenvalue weighted by Crippen LogP contribution is -2.22. The van der Waals surface area contributed by atoms with Crippen molar-refractivity contribution in [3.05, 3.63) is 41.2 Å². The van der Waals surface area contributed by atoms with Gasteiger partial charge in [-0.3, -0.25) is 4.79 Å². The van der Waals surface area contributed by atoms with Crippen LogP contribution < -0.4 is 5.32 Å². The predicted octanol–water partition coefficient (Wildman–Crippen LogP) is 6.27. The van der Waals surface area contributed by atoms with Crippen LogP contribution in [0.5, 0.6) is 0 Å². The minimum atomic E-state index is 0.127. The van der Waals surface area contributed by atoms with Gasteiger partial charge in [0.15, 0.2) is 5.82 Å². The van der Waals surface area contributed by atoms with Crippen molar-refractivity contribution in [2.24, 2.45) is 11.8 Å². The van der Waals surface area contributed by atoms with Crippen LogP contribution in [0.1, 0.15) is 87.6 Å². The number of anilines is 1. The molecule has 0 aliphatic heterocycles. The van der Waals surface area contributed by atoms with E-state index >= 15 is 0 Å². The molecule has 1 amide bonds. The summed E-state index contributed by atoms with van der Waals surface area (Å²) in [5.41, 5.74) is 5.67. The van der Waals surface area contributed by atoms with Gasteiger partial charge in [-0.2, -0.15) is 0 Å². The number of aromatic nitrogens is 2. The van der Waals surface area contributed by atoms with Crippen molar-refractivity contribution in [2.75, 3.05) is 5.32 Å². The van der Waals surface area contributed by atoms with Crippen molar-refractivity contribution < 1.29 is 4.79 Å². The lowest BCUT2D eigenvalue weighted by molar-refractivity contribution is -0.117. The molecule has 2 aromatic rings. The van der Waals surface area contributed by atoms with Crippen LogP contribution in [0.15, 0.2) is 24.3 Å². The zero-order valence-electron chi connectivity index (χ0n) is 18.7. The molecular formula is C27H35N3O. The molecule has 1 N–H and O–H groups in total. The summed E-state index contributed by atoms with van der Waals surface area (Å²) in [6.07, 6.45) is 16.2. The number of carbonyl (C=O) groups is 1. The summed E-state index contributed by atoms with van der Waals surface area (Å²) in [7, 11) is 0. The van der Waals surface area contributed by atoms with Gasteiger partial charge in [0, 0.05) is 12.0 Å². The van der Waals surface area contributed by atoms with Gasteiger partial charge in [0.1, 0.15) is 0 Å². The van der Waals surface area contributed by atoms with Gasteiger partial charge >= 0.3 is 0 Å². The lowest BCUT2D eigenvalue weighted by Gasteiger charge is -2.25. The van der Waals surface area contributed by atoms with Crippen LogP contribution in [0.25, 0.3) is 11.3 Å². The third-order valence-corrected chi connectivity index (χ3v) is 7.61. The van der Waals surface area contributed by atoms with Gasteiger partial charge in [-0.1, -0.05) is 75.6 Å². The van der Waals surface area contributed by atoms with Crippen LogP contribution in [0, 0.1) is 11.8 Å². The molecule has 0 unspecified atom stereocenters. The van der Waals surface area contributed by atoms with E-state index in [9.17, 15) is 4.79 Å². The number of fused-ring (bicyclic) bond motifs is 3. The van der Waals surface area contributed by atoms with Gasteiger partial charge in [0.05, 0.1) is 17.1 Å². The first-order valence-electron chi connectivity index (χ1n) is 12.5. The molecule has 1 aromatic heterocycles. The fourth-order valence-corrected chi connectivity index (χ4v) is 5.86. The fourth-order valence-electron chi connectivity index (χ4n) is 5.86. The van der Waals surface area contributed by atoms with Crippen molar-refractivity contribution >= 4 is 11.7 Å². The summed E-state index contributed by atoms with van der Waals surface area (Å²) >= 11 is 0. The molecule has 4 nitrogen and oxygen atoms in total. The summed E-state index contributed by atoms with van der Waals surface area (Å²) < 4.78 is 0. The van der Waals surface area contributed by atoms with Crippen molar-refractivity contribution in [1.29, 1.82) is 0 Å². The molecule has 5 rings (SSSR count). The topological polar surface area (TPSA) is 54.9 Å². The molecule has 3 aliphatic rings. The van der Waals surface area contributed by atoms with Crippen LogP contribution in [0.3, 0.4) is 0 Å². The highest BCUT2D eigenvalue weighted by atomic mass is 16.1. The summed E-state index contributed by atoms with van der Waals surface area (Å²) in [5.74, 6) is 2.06. The van der Waals surface area contributed by atoms with Crippen LogP contribution in [-0.2, 0) is 24.1 Å². The first-order chi connectivity index (χ1) is 15.3. The van der Waals surface area contributed by atoms with Gasteiger partial charge in [0.25, 0.3) is 0 Å². The monoisotopic (exact) mass is 417 g/mol. The number of nitrogens with zero attached hydrogens (tertiary/aromatic N) is 2. The second-order valence-electron chi connectivity index (χ2n) is 9.94. The minimum Gasteiger partial charge on any atom is -0.309 e. The quantitative estimate of drug-likeness (QED) is 0.623. The molecular weight excluding hydrogens is 382 g/mol. The molecule has 0 radical (unpaired) electrons. The summed E-state index contributed by atoms with van der Waals surface area (Å²) in [5, 5.41) is 3.21. The number of nitrogens with one attached hydrogen (secondary N) is 1. The molecule has 2 fully saturated rings. The third-order valence-electron chi connectivity index (χ3n) is 7.61. The van der Waals surface area contributed by atoms with Gasteiger partial charge in [-0.05, 0) is 49.5 Å². The molecule has 164 valence electrons. The second kappa shape index (κ2) is 9.50. The SMILES string of the molecule is O=C(CC1CCCCC1)Nc1nc2c(nc1CC1CCCCC1)-c1ccccc1CC2. The molecule has 1 heterocycles. The number of amides is 1. The Kier molecular flexibility index (Phi) is 6.33. The molecule has 0 spiro atoms. The van der Waals surface area contributed by atoms with Crippen molar-refractivity contribution in [3.63, 3.8) is 0 Å². The van der Waals surface area contributed by atoms with E-state index in [1.165, 1.54) is 75.3 Å². The first-order valence-corrected chi connectivity index (χ1v) is 12.5. The fraction of sp³-hybridized carbons (Fsp3) is 0.593. The number of hydrogen-bond acceptors (Lipinski definition) is 3. The van der Waals surface area contributed by atoms with E-state index in [0.717, 1.165) is 42.2 Å². The Bertz CT molecular complexity index is 926. The first kappa shape index (κ1) is 20.7. The highest BCUT2D eigenvalue weighted by Gasteiger charge is 2.25. The Balaban J connectivity index is 1.42. The molecule has 31 heavy (non-hydrogen) atoms. The average Bonchev–Trinajstić information content (AvgIpc) is 2.81. The number of carbonyl (C=O) groups excluding carboxylic acids is 1. The molecule has 3 aliphatic carbocycles. The summed E-state index contributed by atoms with van der Waals surface area (Å²) in [6.45, 7) is 0. The van der Waals surface area contributed by atoms with Crippen LogP contribution in [-0.4, -0.2) is 15.9 Å². The smallest absolute Gasteiger partial charge is 0.225 e. The van der Waals surface area contributed by atoms with Crippen LogP contribution >= 0.6 is 0 Å². The van der Waals surface area contributed by atoms with Crippen molar-refractivity contribution in [2.45, 2.75) is 89.9 Å². The summed E-state index contributed by atoms with van der Waals surface area (Å²) in [4.78, 5) is 23.1. The Morgan fingerprint density at radius 3 is 2.35 bits per heavy atom. The molecule has 1 aromatic carbocycles. The Labute approximate surface area is 186 Å². The van der Waals surface area contributed by atoms with E-state index < -0.39 is 0 Å². The zero-order chi connectivity index (χ0) is 21.0. The lowest BCUT2D eigenvalue weighted by atomic mass is 9.85. The maximum Gasteiger partial charge on any atom is 0.225 e. The van der Waals surface area contributed by atoms with Gasteiger partial charge in [-0.15, -0.1) is 0 Å². The normalized spacial score (nSPS) is 19.5. The minimum absolute atomic E-state index is 0.127. The number of rotatable bonds is 5. The van der Waals surface area contributed by atoms with E-state index in [1.807, 2.05) is 0 Å². The standard InChI is InChI=1S/C27H35N3O/c31-25(18-20-11-5-2-6-12-20)30-27-24(17-19-9-3-1-4-10-19)28-26-22-14-8-7-13-21(22)15-16-23(26)29-27/h7-8,13-14,19-20H,1-6,9-12,15-18H2,(H,29,30,31). The second-order valence-corrected chi connectivity index (χ2v) is 9.94. The van der Waals surface area contributed by atoms with Crippen molar-refractivity contribution in [3.8, 4) is 11.3 Å². The number of benzene rings is 1. The number of aryl methyl sites for hydroxylation is 2. The van der Waals surface area contributed by atoms with E-state index in [2.05, 4.69) is 29.6 Å². The van der Waals surface area contributed by atoms with E-state index in [4.69, 9.17) is 9.97 Å². The Morgan fingerprint density at radius 2 is 1.58 bits per heavy atom. The molecule has 0 atom stereocenters. The number of hydrogen-bond donors (Lipinski definition) is 1. The van der Waals surface area contributed by atoms with Gasteiger partial charge in [-0.25, -0.2) is 9.97 Å². The zero-order valence-corrected chi connectivity index (χ0v) is 18.7. The molecule has 2 saturated carbocycles. The predicted molar refractivity (Wildman–Crippen MR) is 125 cm³/mol. The maximum absolute atomic E-state index is 12.9. The maximum atomic E-state index is 12.9. The van der Waals surface area contributed by atoms with E-state index in [0.29, 0.717) is 18.3 Å². The van der Waals surface area contributed by atoms with E-state index in [1.54, 1.807) is 0 Å². The molecule has 0 bridgehead atoms. The molecule has 4 heteroatoms. The van der Waals surface area contributed by atoms with Crippen LogP contribution in [0.2, 0.25) is 0 Å². The van der Waals surface area contributed by atoms with Gasteiger partial charge in [0.2, 0.25) is 5.91 Å². The average molecular weight is 418 g/mol. The van der Waals surface area contributed by atoms with Crippen LogP contribution in [0.4, 0.5) is 5.82 Å². The largest absolute Gasteiger partial charge is 0.309 e. The van der Waals surface area contributed by atoms with Gasteiger partial charge < -0.3 is 5.32 Å². The summed E-state index contributed by atoms with van der Waals surface area (Å²) in [6, 6.07) is 8.59.